The standard InChI is InChI=1S/C45H58N10O7/c1-29(56)50-35(26-30-14-5-2-6-15-30)40(58)52-34-21-12-23-48-39(57)33(20-11-24-49-45(46)47)51-41(59)36(27-31-16-7-3-8-17-31)53-42(60)37(28-32-18-9-4-10-19-32)54-43(61)38-22-13-25-55(38)44(34)62/h2-10,14-19,33-38H,11-13,20-28H2,1H3,(H,48,57)(H,50,56)(H,51,59)(H,52,58)(H,53,60)(H,54,61)(H4,46,47,49)/t33-,34?,35-,36-,37+,38-/m0/s1. The lowest BCUT2D eigenvalue weighted by Gasteiger charge is -2.31. The number of hydrogen-bond acceptors (Lipinski definition) is 8. The number of guanidine groups is 1. The Labute approximate surface area is 361 Å². The summed E-state index contributed by atoms with van der Waals surface area (Å²) in [6, 6.07) is 20.8. The maximum absolute atomic E-state index is 14.5. The smallest absolute Gasteiger partial charge is 0.245 e. The molecular formula is C45H58N10O7. The number of hydrogen-bond donors (Lipinski definition) is 8. The molecule has 0 saturated carbocycles. The van der Waals surface area contributed by atoms with Crippen LogP contribution in [0, 0.1) is 0 Å². The zero-order chi connectivity index (χ0) is 44.4. The predicted octanol–water partition coefficient (Wildman–Crippen LogP) is 0.113. The van der Waals surface area contributed by atoms with Crippen molar-refractivity contribution in [3.05, 3.63) is 108 Å². The molecule has 62 heavy (non-hydrogen) atoms. The van der Waals surface area contributed by atoms with E-state index in [1.807, 2.05) is 91.0 Å². The highest BCUT2D eigenvalue weighted by atomic mass is 16.2. The fraction of sp³-hybridized carbons (Fsp3) is 0.422. The van der Waals surface area contributed by atoms with Crippen LogP contribution < -0.4 is 43.4 Å². The van der Waals surface area contributed by atoms with Gasteiger partial charge in [-0.3, -0.25) is 38.6 Å². The Kier molecular flexibility index (Phi) is 17.4. The Morgan fingerprint density at radius 3 is 1.84 bits per heavy atom. The fourth-order valence-corrected chi connectivity index (χ4v) is 7.68. The second kappa shape index (κ2) is 23.3. The molecule has 2 saturated heterocycles. The highest BCUT2D eigenvalue weighted by Gasteiger charge is 2.40. The molecule has 10 N–H and O–H groups in total. The normalized spacial score (nSPS) is 22.0. The van der Waals surface area contributed by atoms with E-state index in [-0.39, 0.29) is 64.1 Å². The predicted molar refractivity (Wildman–Crippen MR) is 233 cm³/mol. The van der Waals surface area contributed by atoms with Gasteiger partial charge in [0.1, 0.15) is 36.3 Å². The van der Waals surface area contributed by atoms with Gasteiger partial charge in [-0.1, -0.05) is 91.0 Å². The molecule has 2 aliphatic rings. The van der Waals surface area contributed by atoms with E-state index in [1.165, 1.54) is 11.8 Å². The molecule has 1 unspecified atom stereocenters. The Morgan fingerprint density at radius 2 is 1.27 bits per heavy atom. The number of nitrogens with one attached hydrogen (secondary N) is 6. The molecule has 2 aliphatic heterocycles. The average molecular weight is 851 g/mol. The molecule has 0 aromatic heterocycles. The molecule has 3 aromatic rings. The lowest BCUT2D eigenvalue weighted by Crippen LogP contribution is -2.60. The highest BCUT2D eigenvalue weighted by molar-refractivity contribution is 5.97. The summed E-state index contributed by atoms with van der Waals surface area (Å²) < 4.78 is 0. The third-order valence-electron chi connectivity index (χ3n) is 10.8. The summed E-state index contributed by atoms with van der Waals surface area (Å²) >= 11 is 0. The van der Waals surface area contributed by atoms with E-state index in [2.05, 4.69) is 36.9 Å². The Hall–Kier alpha value is -6.78. The molecule has 2 heterocycles. The van der Waals surface area contributed by atoms with Crippen molar-refractivity contribution in [3.63, 3.8) is 0 Å². The fourth-order valence-electron chi connectivity index (χ4n) is 7.68. The van der Waals surface area contributed by atoms with Crippen LogP contribution >= 0.6 is 0 Å². The van der Waals surface area contributed by atoms with E-state index in [0.717, 1.165) is 16.7 Å². The van der Waals surface area contributed by atoms with Gasteiger partial charge < -0.3 is 48.3 Å². The minimum absolute atomic E-state index is 0.0627. The van der Waals surface area contributed by atoms with Gasteiger partial charge in [-0.2, -0.15) is 0 Å². The van der Waals surface area contributed by atoms with Crippen molar-refractivity contribution in [1.82, 2.24) is 36.8 Å². The summed E-state index contributed by atoms with van der Waals surface area (Å²) in [7, 11) is 0. The van der Waals surface area contributed by atoms with Crippen LogP contribution in [0.15, 0.2) is 96.0 Å². The minimum atomic E-state index is -1.17. The SMILES string of the molecule is CC(=O)N[C@@H](Cc1ccccc1)C(=O)NC1CCCNC(=O)[C@H](CCCN=C(N)N)NC(=O)[C@H](Cc2ccccc2)NC(=O)[C@@H](Cc2ccccc2)NC(=O)[C@@H]2CCCN2C1=O. The number of carbonyl (C=O) groups excluding carboxylic acids is 7. The summed E-state index contributed by atoms with van der Waals surface area (Å²) in [6.45, 7) is 1.77. The van der Waals surface area contributed by atoms with E-state index in [1.54, 1.807) is 0 Å². The topological polar surface area (TPSA) is 259 Å². The number of nitrogens with two attached hydrogens (primary N) is 2. The van der Waals surface area contributed by atoms with Gasteiger partial charge in [-0.25, -0.2) is 0 Å². The minimum Gasteiger partial charge on any atom is -0.370 e. The molecule has 5 rings (SSSR count). The van der Waals surface area contributed by atoms with Crippen LogP contribution in [0.5, 0.6) is 0 Å². The van der Waals surface area contributed by atoms with E-state index in [0.29, 0.717) is 19.3 Å². The Morgan fingerprint density at radius 1 is 0.726 bits per heavy atom. The number of carbonyl (C=O) groups is 7. The first-order valence-electron chi connectivity index (χ1n) is 21.1. The molecule has 7 amide bonds. The van der Waals surface area contributed by atoms with Crippen LogP contribution in [0.4, 0.5) is 0 Å². The zero-order valence-electron chi connectivity index (χ0n) is 35.0. The largest absolute Gasteiger partial charge is 0.370 e. The summed E-state index contributed by atoms with van der Waals surface area (Å²) in [6.07, 6.45) is 1.86. The van der Waals surface area contributed by atoms with Crippen LogP contribution in [0.1, 0.15) is 62.1 Å². The number of benzene rings is 3. The van der Waals surface area contributed by atoms with E-state index in [9.17, 15) is 33.6 Å². The summed E-state index contributed by atoms with van der Waals surface area (Å²) in [5.74, 6) is -3.99. The third kappa shape index (κ3) is 14.2. The Balaban J connectivity index is 1.47. The first kappa shape index (κ1) is 46.3. The first-order valence-corrected chi connectivity index (χ1v) is 21.1. The monoisotopic (exact) mass is 850 g/mol. The van der Waals surface area contributed by atoms with Crippen LogP contribution in [-0.4, -0.2) is 108 Å². The van der Waals surface area contributed by atoms with Gasteiger partial charge >= 0.3 is 0 Å². The lowest BCUT2D eigenvalue weighted by molar-refractivity contribution is -0.142. The third-order valence-corrected chi connectivity index (χ3v) is 10.8. The van der Waals surface area contributed by atoms with Gasteiger partial charge in [0, 0.05) is 45.8 Å². The maximum Gasteiger partial charge on any atom is 0.245 e. The number of fused-ring (bicyclic) bond motifs is 1. The quantitative estimate of drug-likeness (QED) is 0.0659. The van der Waals surface area contributed by atoms with Crippen molar-refractivity contribution in [2.24, 2.45) is 16.5 Å². The highest BCUT2D eigenvalue weighted by Crippen LogP contribution is 2.21. The molecule has 0 radical (unpaired) electrons. The van der Waals surface area contributed by atoms with Crippen molar-refractivity contribution in [3.8, 4) is 0 Å². The number of nitrogens with zero attached hydrogens (tertiary/aromatic N) is 2. The first-order chi connectivity index (χ1) is 29.9. The average Bonchev–Trinajstić information content (AvgIpc) is 3.76. The molecule has 2 fully saturated rings. The van der Waals surface area contributed by atoms with Crippen LogP contribution in [-0.2, 0) is 52.8 Å². The number of rotatable bonds is 13. The second-order valence-electron chi connectivity index (χ2n) is 15.6. The van der Waals surface area contributed by atoms with Crippen LogP contribution in [0.2, 0.25) is 0 Å². The number of amides is 7. The Bertz CT molecular complexity index is 2030. The van der Waals surface area contributed by atoms with Gasteiger partial charge in [0.2, 0.25) is 41.4 Å². The van der Waals surface area contributed by atoms with Crippen LogP contribution in [0.25, 0.3) is 0 Å². The maximum atomic E-state index is 14.5. The molecule has 0 aliphatic carbocycles. The van der Waals surface area contributed by atoms with Gasteiger partial charge in [-0.15, -0.1) is 0 Å². The van der Waals surface area contributed by atoms with Gasteiger partial charge in [0.05, 0.1) is 0 Å². The summed E-state index contributed by atoms with van der Waals surface area (Å²) in [5, 5.41) is 17.0. The van der Waals surface area contributed by atoms with Gasteiger partial charge in [-0.05, 0) is 55.2 Å². The lowest BCUT2D eigenvalue weighted by atomic mass is 10.0. The van der Waals surface area contributed by atoms with Crippen molar-refractivity contribution < 1.29 is 33.6 Å². The molecule has 330 valence electrons. The van der Waals surface area contributed by atoms with Gasteiger partial charge in [0.15, 0.2) is 5.96 Å². The van der Waals surface area contributed by atoms with Crippen molar-refractivity contribution >= 4 is 47.3 Å². The molecule has 0 spiro atoms. The van der Waals surface area contributed by atoms with Crippen molar-refractivity contribution in [2.75, 3.05) is 19.6 Å². The summed E-state index contributed by atoms with van der Waals surface area (Å²) in [5.41, 5.74) is 13.3. The van der Waals surface area contributed by atoms with E-state index < -0.39 is 77.6 Å². The summed E-state index contributed by atoms with van der Waals surface area (Å²) in [4.78, 5) is 103. The number of aliphatic imine (C=N–C) groups is 1. The molecule has 17 heteroatoms. The molecule has 0 bridgehead atoms. The molecule has 6 atom stereocenters. The van der Waals surface area contributed by atoms with E-state index in [4.69, 9.17) is 11.5 Å². The molecule has 17 nitrogen and oxygen atoms in total. The van der Waals surface area contributed by atoms with E-state index >= 15 is 0 Å². The zero-order valence-corrected chi connectivity index (χ0v) is 35.0. The van der Waals surface area contributed by atoms with Crippen molar-refractivity contribution in [2.45, 2.75) is 101 Å². The van der Waals surface area contributed by atoms with Gasteiger partial charge in [0.25, 0.3) is 0 Å². The second-order valence-corrected chi connectivity index (χ2v) is 15.6. The van der Waals surface area contributed by atoms with Crippen molar-refractivity contribution in [1.29, 1.82) is 0 Å². The van der Waals surface area contributed by atoms with Crippen LogP contribution in [0.3, 0.4) is 0 Å². The molecule has 3 aromatic carbocycles. The molecular weight excluding hydrogens is 793 g/mol.